The summed E-state index contributed by atoms with van der Waals surface area (Å²) in [5, 5.41) is 10.7. The van der Waals surface area contributed by atoms with Gasteiger partial charge >= 0.3 is 0 Å². The Hall–Kier alpha value is -2.41. The summed E-state index contributed by atoms with van der Waals surface area (Å²) in [5.74, 6) is 1.52. The molecule has 0 fully saturated rings. The number of pyridine rings is 1. The Kier molecular flexibility index (Phi) is 5.70. The zero-order valence-electron chi connectivity index (χ0n) is 14.1. The van der Waals surface area contributed by atoms with Crippen molar-refractivity contribution in [2.75, 3.05) is 20.7 Å². The molecule has 0 aromatic carbocycles. The molecule has 124 valence electrons. The predicted molar refractivity (Wildman–Crippen MR) is 90.6 cm³/mol. The van der Waals surface area contributed by atoms with Crippen molar-refractivity contribution in [3.05, 3.63) is 42.4 Å². The van der Waals surface area contributed by atoms with Crippen LogP contribution in [0.5, 0.6) is 0 Å². The SMILES string of the molecule is CN=C(NCc1ccnc(-n2cccn2)c1)NCC(C)(C)OC. The second-order valence-corrected chi connectivity index (χ2v) is 5.72. The fourth-order valence-electron chi connectivity index (χ4n) is 1.88. The van der Waals surface area contributed by atoms with E-state index in [-0.39, 0.29) is 5.60 Å². The van der Waals surface area contributed by atoms with E-state index in [0.717, 1.165) is 17.3 Å². The number of guanidine groups is 1. The van der Waals surface area contributed by atoms with Gasteiger partial charge in [-0.2, -0.15) is 5.10 Å². The van der Waals surface area contributed by atoms with Crippen LogP contribution < -0.4 is 10.6 Å². The summed E-state index contributed by atoms with van der Waals surface area (Å²) in [4.78, 5) is 8.54. The van der Waals surface area contributed by atoms with E-state index in [1.165, 1.54) is 0 Å². The molecular formula is C16H24N6O. The molecule has 7 nitrogen and oxygen atoms in total. The summed E-state index contributed by atoms with van der Waals surface area (Å²) >= 11 is 0. The lowest BCUT2D eigenvalue weighted by Gasteiger charge is -2.24. The van der Waals surface area contributed by atoms with Gasteiger partial charge in [0.25, 0.3) is 0 Å². The molecule has 2 aromatic heterocycles. The molecule has 0 aliphatic heterocycles. The van der Waals surface area contributed by atoms with Crippen molar-refractivity contribution >= 4 is 5.96 Å². The molecule has 2 N–H and O–H groups in total. The summed E-state index contributed by atoms with van der Waals surface area (Å²) in [6.07, 6.45) is 5.38. The van der Waals surface area contributed by atoms with Gasteiger partial charge in [0.15, 0.2) is 11.8 Å². The predicted octanol–water partition coefficient (Wildman–Crippen LogP) is 1.36. The summed E-state index contributed by atoms with van der Waals surface area (Å²) in [6.45, 7) is 5.35. The first-order valence-electron chi connectivity index (χ1n) is 7.49. The Morgan fingerprint density at radius 3 is 2.83 bits per heavy atom. The van der Waals surface area contributed by atoms with Gasteiger partial charge in [-0.15, -0.1) is 0 Å². The van der Waals surface area contributed by atoms with Crippen LogP contribution in [-0.2, 0) is 11.3 Å². The van der Waals surface area contributed by atoms with Gasteiger partial charge in [0.05, 0.1) is 5.60 Å². The van der Waals surface area contributed by atoms with E-state index < -0.39 is 0 Å². The number of rotatable bonds is 6. The van der Waals surface area contributed by atoms with Crippen LogP contribution in [0.1, 0.15) is 19.4 Å². The Labute approximate surface area is 136 Å². The van der Waals surface area contributed by atoms with Gasteiger partial charge in [-0.1, -0.05) is 0 Å². The van der Waals surface area contributed by atoms with Crippen molar-refractivity contribution in [3.63, 3.8) is 0 Å². The smallest absolute Gasteiger partial charge is 0.191 e. The van der Waals surface area contributed by atoms with E-state index in [1.54, 1.807) is 31.2 Å². The maximum atomic E-state index is 5.39. The number of hydrogen-bond donors (Lipinski definition) is 2. The van der Waals surface area contributed by atoms with Crippen LogP contribution in [0.25, 0.3) is 5.82 Å². The van der Waals surface area contributed by atoms with Crippen LogP contribution in [0.4, 0.5) is 0 Å². The zero-order valence-corrected chi connectivity index (χ0v) is 14.1. The summed E-state index contributed by atoms with van der Waals surface area (Å²) in [5.41, 5.74) is 0.848. The van der Waals surface area contributed by atoms with Crippen LogP contribution >= 0.6 is 0 Å². The molecule has 0 atom stereocenters. The third-order valence-corrected chi connectivity index (χ3v) is 3.47. The zero-order chi connectivity index (χ0) is 16.7. The number of nitrogens with zero attached hydrogens (tertiary/aromatic N) is 4. The molecule has 0 amide bonds. The fraction of sp³-hybridized carbons (Fsp3) is 0.438. The minimum Gasteiger partial charge on any atom is -0.377 e. The lowest BCUT2D eigenvalue weighted by atomic mass is 10.1. The largest absolute Gasteiger partial charge is 0.377 e. The van der Waals surface area contributed by atoms with E-state index in [9.17, 15) is 0 Å². The van der Waals surface area contributed by atoms with E-state index in [0.29, 0.717) is 13.1 Å². The highest BCUT2D eigenvalue weighted by Gasteiger charge is 2.16. The van der Waals surface area contributed by atoms with Crippen molar-refractivity contribution in [2.45, 2.75) is 26.0 Å². The average molecular weight is 316 g/mol. The lowest BCUT2D eigenvalue weighted by molar-refractivity contribution is 0.0268. The summed E-state index contributed by atoms with van der Waals surface area (Å²) in [7, 11) is 3.45. The molecule has 7 heteroatoms. The highest BCUT2D eigenvalue weighted by atomic mass is 16.5. The van der Waals surface area contributed by atoms with Crippen molar-refractivity contribution in [3.8, 4) is 5.82 Å². The molecule has 2 rings (SSSR count). The van der Waals surface area contributed by atoms with Gasteiger partial charge < -0.3 is 15.4 Å². The van der Waals surface area contributed by atoms with Gasteiger partial charge in [0.2, 0.25) is 0 Å². The topological polar surface area (TPSA) is 76.4 Å². The molecule has 0 saturated heterocycles. The average Bonchev–Trinajstić information content (AvgIpc) is 3.10. The second-order valence-electron chi connectivity index (χ2n) is 5.72. The van der Waals surface area contributed by atoms with Gasteiger partial charge in [-0.05, 0) is 37.6 Å². The van der Waals surface area contributed by atoms with Crippen LogP contribution in [0, 0.1) is 0 Å². The van der Waals surface area contributed by atoms with Crippen LogP contribution in [0.2, 0.25) is 0 Å². The highest BCUT2D eigenvalue weighted by Crippen LogP contribution is 2.06. The number of ether oxygens (including phenoxy) is 1. The molecule has 0 aliphatic carbocycles. The van der Waals surface area contributed by atoms with E-state index in [4.69, 9.17) is 4.74 Å². The molecule has 2 aromatic rings. The Morgan fingerprint density at radius 2 is 2.17 bits per heavy atom. The monoisotopic (exact) mass is 316 g/mol. The van der Waals surface area contributed by atoms with E-state index >= 15 is 0 Å². The number of aliphatic imine (C=N–C) groups is 1. The lowest BCUT2D eigenvalue weighted by Crippen LogP contribution is -2.45. The number of nitrogens with one attached hydrogen (secondary N) is 2. The molecular weight excluding hydrogens is 292 g/mol. The number of methoxy groups -OCH3 is 1. The fourth-order valence-corrected chi connectivity index (χ4v) is 1.88. The second kappa shape index (κ2) is 7.73. The van der Waals surface area contributed by atoms with Gasteiger partial charge in [-0.3, -0.25) is 4.99 Å². The van der Waals surface area contributed by atoms with E-state index in [1.807, 2.05) is 38.2 Å². The van der Waals surface area contributed by atoms with Crippen molar-refractivity contribution in [1.29, 1.82) is 0 Å². The van der Waals surface area contributed by atoms with Gasteiger partial charge in [-0.25, -0.2) is 9.67 Å². The minimum absolute atomic E-state index is 0.248. The van der Waals surface area contributed by atoms with Crippen LogP contribution in [-0.4, -0.2) is 47.0 Å². The van der Waals surface area contributed by atoms with Crippen molar-refractivity contribution < 1.29 is 4.74 Å². The first-order chi connectivity index (χ1) is 11.0. The molecule has 23 heavy (non-hydrogen) atoms. The number of aromatic nitrogens is 3. The third-order valence-electron chi connectivity index (χ3n) is 3.47. The molecule has 0 aliphatic rings. The Morgan fingerprint density at radius 1 is 1.35 bits per heavy atom. The first-order valence-corrected chi connectivity index (χ1v) is 7.49. The molecule has 2 heterocycles. The quantitative estimate of drug-likeness (QED) is 0.621. The van der Waals surface area contributed by atoms with Crippen LogP contribution in [0.15, 0.2) is 41.8 Å². The van der Waals surface area contributed by atoms with Crippen LogP contribution in [0.3, 0.4) is 0 Å². The van der Waals surface area contributed by atoms with E-state index in [2.05, 4.69) is 25.7 Å². The molecule has 0 bridgehead atoms. The van der Waals surface area contributed by atoms with Gasteiger partial charge in [0, 0.05) is 45.8 Å². The van der Waals surface area contributed by atoms with Gasteiger partial charge in [0.1, 0.15) is 0 Å². The normalized spacial score (nSPS) is 12.3. The standard InChI is InChI=1S/C16H24N6O/c1-16(2,23-4)12-20-15(17-3)19-11-13-6-8-18-14(10-13)22-9-5-7-21-22/h5-10H,11-12H2,1-4H3,(H2,17,19,20). The first kappa shape index (κ1) is 17.0. The molecule has 0 saturated carbocycles. The summed E-state index contributed by atoms with van der Waals surface area (Å²) < 4.78 is 7.12. The summed E-state index contributed by atoms with van der Waals surface area (Å²) in [6, 6.07) is 5.83. The third kappa shape index (κ3) is 5.07. The molecule has 0 spiro atoms. The van der Waals surface area contributed by atoms with Crippen molar-refractivity contribution in [1.82, 2.24) is 25.4 Å². The maximum absolute atomic E-state index is 5.39. The number of hydrogen-bond acceptors (Lipinski definition) is 4. The maximum Gasteiger partial charge on any atom is 0.191 e. The molecule has 0 radical (unpaired) electrons. The Balaban J connectivity index is 1.93. The Bertz CT molecular complexity index is 636. The van der Waals surface area contributed by atoms with Crippen molar-refractivity contribution in [2.24, 2.45) is 4.99 Å². The minimum atomic E-state index is -0.248. The highest BCUT2D eigenvalue weighted by molar-refractivity contribution is 5.79. The molecule has 0 unspecified atom stereocenters.